The van der Waals surface area contributed by atoms with E-state index in [0.717, 1.165) is 38.4 Å². The Bertz CT molecular complexity index is 366. The van der Waals surface area contributed by atoms with Crippen LogP contribution >= 0.6 is 0 Å². The highest BCUT2D eigenvalue weighted by Crippen LogP contribution is 2.31. The number of piperidine rings is 1. The standard InChI is InChI=1S/C19H38N2O2/c1-15(2)8-9-16(3)20-14-19(7)10-12-21(13-11-19)17(22)23-18(4,5)6/h15-16,20H,8-14H2,1-7H3. The predicted octanol–water partition coefficient (Wildman–Crippen LogP) is 4.44. The first-order valence-electron chi connectivity index (χ1n) is 9.22. The summed E-state index contributed by atoms with van der Waals surface area (Å²) in [4.78, 5) is 14.0. The van der Waals surface area contributed by atoms with Gasteiger partial charge in [-0.05, 0) is 64.7 Å². The Balaban J connectivity index is 2.34. The van der Waals surface area contributed by atoms with E-state index in [4.69, 9.17) is 4.74 Å². The van der Waals surface area contributed by atoms with E-state index < -0.39 is 5.60 Å². The molecule has 1 fully saturated rings. The predicted molar refractivity (Wildman–Crippen MR) is 96.7 cm³/mol. The highest BCUT2D eigenvalue weighted by atomic mass is 16.6. The van der Waals surface area contributed by atoms with E-state index in [2.05, 4.69) is 33.0 Å². The molecule has 1 saturated heterocycles. The second-order valence-corrected chi connectivity index (χ2v) is 9.03. The van der Waals surface area contributed by atoms with Gasteiger partial charge in [0.25, 0.3) is 0 Å². The molecule has 0 aromatic carbocycles. The van der Waals surface area contributed by atoms with Crippen LogP contribution in [-0.2, 0) is 4.74 Å². The summed E-state index contributed by atoms with van der Waals surface area (Å²) in [6, 6.07) is 0.568. The highest BCUT2D eigenvalue weighted by molar-refractivity contribution is 5.68. The molecular weight excluding hydrogens is 288 g/mol. The third-order valence-corrected chi connectivity index (χ3v) is 4.68. The van der Waals surface area contributed by atoms with Crippen molar-refractivity contribution in [2.45, 2.75) is 85.8 Å². The Morgan fingerprint density at radius 3 is 2.22 bits per heavy atom. The minimum absolute atomic E-state index is 0.169. The van der Waals surface area contributed by atoms with Gasteiger partial charge in [-0.1, -0.05) is 20.8 Å². The van der Waals surface area contributed by atoms with Crippen molar-refractivity contribution in [2.75, 3.05) is 19.6 Å². The molecule has 0 aliphatic carbocycles. The van der Waals surface area contributed by atoms with Crippen LogP contribution in [0.25, 0.3) is 0 Å². The zero-order valence-corrected chi connectivity index (χ0v) is 16.4. The molecule has 1 amide bonds. The van der Waals surface area contributed by atoms with Crippen LogP contribution < -0.4 is 5.32 Å². The summed E-state index contributed by atoms with van der Waals surface area (Å²) >= 11 is 0. The molecule has 1 atom stereocenters. The largest absolute Gasteiger partial charge is 0.444 e. The second-order valence-electron chi connectivity index (χ2n) is 9.03. The van der Waals surface area contributed by atoms with Crippen LogP contribution in [0.2, 0.25) is 0 Å². The first-order chi connectivity index (χ1) is 10.5. The summed E-state index contributed by atoms with van der Waals surface area (Å²) in [7, 11) is 0. The summed E-state index contributed by atoms with van der Waals surface area (Å²) < 4.78 is 5.47. The molecule has 23 heavy (non-hydrogen) atoms. The number of nitrogens with one attached hydrogen (secondary N) is 1. The first kappa shape index (κ1) is 20.3. The molecule has 1 rings (SSSR count). The maximum Gasteiger partial charge on any atom is 0.410 e. The molecule has 4 heteroatoms. The summed E-state index contributed by atoms with van der Waals surface area (Å²) in [5, 5.41) is 3.70. The fourth-order valence-electron chi connectivity index (χ4n) is 2.84. The molecule has 1 N–H and O–H groups in total. The number of likely N-dealkylation sites (tertiary alicyclic amines) is 1. The van der Waals surface area contributed by atoms with Crippen LogP contribution in [0, 0.1) is 11.3 Å². The quantitative estimate of drug-likeness (QED) is 0.784. The SMILES string of the molecule is CC(C)CCC(C)NCC1(C)CCN(C(=O)OC(C)(C)C)CC1. The molecule has 0 saturated carbocycles. The van der Waals surface area contributed by atoms with E-state index in [-0.39, 0.29) is 11.5 Å². The number of nitrogens with zero attached hydrogens (tertiary/aromatic N) is 1. The number of hydrogen-bond donors (Lipinski definition) is 1. The van der Waals surface area contributed by atoms with Gasteiger partial charge in [0.1, 0.15) is 5.60 Å². The molecule has 0 spiro atoms. The van der Waals surface area contributed by atoms with Crippen molar-refractivity contribution >= 4 is 6.09 Å². The fraction of sp³-hybridized carbons (Fsp3) is 0.947. The van der Waals surface area contributed by atoms with Gasteiger partial charge in [-0.2, -0.15) is 0 Å². The number of carbonyl (C=O) groups is 1. The topological polar surface area (TPSA) is 41.6 Å². The Kier molecular flexibility index (Phi) is 7.37. The van der Waals surface area contributed by atoms with Gasteiger partial charge in [-0.15, -0.1) is 0 Å². The molecule has 1 aliphatic rings. The molecule has 136 valence electrons. The minimum atomic E-state index is -0.411. The Labute approximate surface area is 143 Å². The normalized spacial score (nSPS) is 19.7. The molecular formula is C19H38N2O2. The van der Waals surface area contributed by atoms with Gasteiger partial charge in [0.05, 0.1) is 0 Å². The highest BCUT2D eigenvalue weighted by Gasteiger charge is 2.33. The van der Waals surface area contributed by atoms with Crippen LogP contribution in [0.3, 0.4) is 0 Å². The molecule has 1 heterocycles. The molecule has 1 aliphatic heterocycles. The van der Waals surface area contributed by atoms with E-state index in [1.54, 1.807) is 0 Å². The van der Waals surface area contributed by atoms with Crippen molar-refractivity contribution in [3.05, 3.63) is 0 Å². The maximum atomic E-state index is 12.1. The smallest absolute Gasteiger partial charge is 0.410 e. The average molecular weight is 327 g/mol. The third-order valence-electron chi connectivity index (χ3n) is 4.68. The van der Waals surface area contributed by atoms with Crippen LogP contribution in [0.15, 0.2) is 0 Å². The zero-order chi connectivity index (χ0) is 17.7. The molecule has 0 bridgehead atoms. The number of hydrogen-bond acceptors (Lipinski definition) is 3. The van der Waals surface area contributed by atoms with Gasteiger partial charge in [0, 0.05) is 25.7 Å². The summed E-state index contributed by atoms with van der Waals surface area (Å²) in [5.74, 6) is 0.770. The third kappa shape index (κ3) is 8.05. The van der Waals surface area contributed by atoms with E-state index in [9.17, 15) is 4.79 Å². The lowest BCUT2D eigenvalue weighted by Gasteiger charge is -2.40. The lowest BCUT2D eigenvalue weighted by molar-refractivity contribution is 0.0117. The summed E-state index contributed by atoms with van der Waals surface area (Å²) in [6.07, 6.45) is 4.42. The van der Waals surface area contributed by atoms with Crippen molar-refractivity contribution in [1.82, 2.24) is 10.2 Å². The van der Waals surface area contributed by atoms with Crippen LogP contribution in [0.5, 0.6) is 0 Å². The number of ether oxygens (including phenoxy) is 1. The molecule has 1 unspecified atom stereocenters. The molecule has 0 aromatic rings. The lowest BCUT2D eigenvalue weighted by atomic mass is 9.80. The number of carbonyl (C=O) groups excluding carboxylic acids is 1. The summed E-state index contributed by atoms with van der Waals surface area (Å²) in [5.41, 5.74) is -0.129. The number of rotatable bonds is 6. The van der Waals surface area contributed by atoms with Crippen LogP contribution in [0.4, 0.5) is 4.79 Å². The summed E-state index contributed by atoms with van der Waals surface area (Å²) in [6.45, 7) is 17.6. The lowest BCUT2D eigenvalue weighted by Crippen LogP contribution is -2.48. The molecule has 0 aromatic heterocycles. The Morgan fingerprint density at radius 2 is 1.74 bits per heavy atom. The zero-order valence-electron chi connectivity index (χ0n) is 16.4. The Hall–Kier alpha value is -0.770. The van der Waals surface area contributed by atoms with Crippen molar-refractivity contribution in [2.24, 2.45) is 11.3 Å². The van der Waals surface area contributed by atoms with Crippen LogP contribution in [0.1, 0.15) is 74.1 Å². The Morgan fingerprint density at radius 1 is 1.17 bits per heavy atom. The van der Waals surface area contributed by atoms with Crippen molar-refractivity contribution < 1.29 is 9.53 Å². The average Bonchev–Trinajstić information content (AvgIpc) is 2.42. The van der Waals surface area contributed by atoms with Crippen LogP contribution in [-0.4, -0.2) is 42.3 Å². The first-order valence-corrected chi connectivity index (χ1v) is 9.22. The second kappa shape index (κ2) is 8.36. The molecule has 4 nitrogen and oxygen atoms in total. The van der Waals surface area contributed by atoms with Crippen molar-refractivity contribution in [3.63, 3.8) is 0 Å². The molecule has 0 radical (unpaired) electrons. The monoisotopic (exact) mass is 326 g/mol. The van der Waals surface area contributed by atoms with E-state index in [0.29, 0.717) is 6.04 Å². The van der Waals surface area contributed by atoms with Gasteiger partial charge in [0.15, 0.2) is 0 Å². The minimum Gasteiger partial charge on any atom is -0.444 e. The van der Waals surface area contributed by atoms with Gasteiger partial charge >= 0.3 is 6.09 Å². The van der Waals surface area contributed by atoms with Gasteiger partial charge in [-0.3, -0.25) is 0 Å². The van der Waals surface area contributed by atoms with E-state index in [1.165, 1.54) is 12.8 Å². The fourth-order valence-corrected chi connectivity index (χ4v) is 2.84. The number of amides is 1. The van der Waals surface area contributed by atoms with Gasteiger partial charge in [-0.25, -0.2) is 4.79 Å². The van der Waals surface area contributed by atoms with Crippen molar-refractivity contribution in [3.8, 4) is 0 Å². The maximum absolute atomic E-state index is 12.1. The van der Waals surface area contributed by atoms with Crippen molar-refractivity contribution in [1.29, 1.82) is 0 Å². The van der Waals surface area contributed by atoms with E-state index >= 15 is 0 Å². The van der Waals surface area contributed by atoms with Gasteiger partial charge in [0.2, 0.25) is 0 Å². The van der Waals surface area contributed by atoms with Gasteiger partial charge < -0.3 is 15.0 Å². The van der Waals surface area contributed by atoms with E-state index in [1.807, 2.05) is 25.7 Å².